The summed E-state index contributed by atoms with van der Waals surface area (Å²) in [4.78, 5) is 12.1. The highest BCUT2D eigenvalue weighted by molar-refractivity contribution is 5.94. The molecule has 2 rings (SSSR count). The second kappa shape index (κ2) is 4.98. The van der Waals surface area contributed by atoms with Crippen LogP contribution < -0.4 is 5.32 Å². The van der Waals surface area contributed by atoms with E-state index in [2.05, 4.69) is 5.32 Å². The largest absolute Gasteiger partial charge is 0.472 e. The molecule has 1 aliphatic rings. The third kappa shape index (κ3) is 2.17. The van der Waals surface area contributed by atoms with Gasteiger partial charge >= 0.3 is 0 Å². The third-order valence-corrected chi connectivity index (χ3v) is 4.35. The van der Waals surface area contributed by atoms with Crippen LogP contribution in [0.5, 0.6) is 0 Å². The van der Waals surface area contributed by atoms with Gasteiger partial charge in [-0.15, -0.1) is 0 Å². The highest BCUT2D eigenvalue weighted by Gasteiger charge is 2.61. The van der Waals surface area contributed by atoms with Gasteiger partial charge in [0.15, 0.2) is 0 Å². The molecule has 1 heterocycles. The van der Waals surface area contributed by atoms with Gasteiger partial charge in [-0.3, -0.25) is 4.79 Å². The Labute approximate surface area is 112 Å². The Bertz CT molecular complexity index is 440. The number of furan rings is 1. The first-order valence-electron chi connectivity index (χ1n) is 6.54. The average molecular weight is 267 g/mol. The highest BCUT2D eigenvalue weighted by Crippen LogP contribution is 2.51. The van der Waals surface area contributed by atoms with Crippen molar-refractivity contribution in [2.75, 3.05) is 13.2 Å². The number of aliphatic hydroxyl groups is 1. The van der Waals surface area contributed by atoms with E-state index in [1.54, 1.807) is 6.07 Å². The normalized spacial score (nSPS) is 28.7. The Morgan fingerprint density at radius 2 is 2.37 bits per heavy atom. The Kier molecular flexibility index (Phi) is 3.69. The molecule has 1 aromatic heterocycles. The van der Waals surface area contributed by atoms with E-state index >= 15 is 0 Å². The van der Waals surface area contributed by atoms with Crippen molar-refractivity contribution in [3.8, 4) is 0 Å². The number of amides is 1. The molecule has 5 nitrogen and oxygen atoms in total. The molecular weight excluding hydrogens is 246 g/mol. The zero-order valence-electron chi connectivity index (χ0n) is 11.6. The summed E-state index contributed by atoms with van der Waals surface area (Å²) in [6, 6.07) is 1.60. The maximum Gasteiger partial charge on any atom is 0.255 e. The van der Waals surface area contributed by atoms with Crippen LogP contribution in [0.3, 0.4) is 0 Å². The van der Waals surface area contributed by atoms with Gasteiger partial charge in [-0.1, -0.05) is 13.8 Å². The fraction of sp³-hybridized carbons (Fsp3) is 0.643. The standard InChI is InChI=1S/C14H21NO4/c1-4-19-11-7-14(9-16,13(11,2)3)15-12(17)10-5-6-18-8-10/h5-6,8,11,16H,4,7,9H2,1-3H3,(H,15,17)/t11-,14-/m1/s1. The van der Waals surface area contributed by atoms with E-state index < -0.39 is 5.54 Å². The maximum atomic E-state index is 12.1. The second-order valence-electron chi connectivity index (χ2n) is 5.58. The minimum absolute atomic E-state index is 0.0503. The minimum Gasteiger partial charge on any atom is -0.472 e. The Balaban J connectivity index is 2.11. The molecule has 106 valence electrons. The molecule has 1 amide bonds. The van der Waals surface area contributed by atoms with E-state index in [4.69, 9.17) is 9.15 Å². The third-order valence-electron chi connectivity index (χ3n) is 4.35. The molecule has 1 aliphatic carbocycles. The van der Waals surface area contributed by atoms with Gasteiger partial charge in [-0.25, -0.2) is 0 Å². The van der Waals surface area contributed by atoms with Gasteiger partial charge in [0, 0.05) is 18.4 Å². The van der Waals surface area contributed by atoms with Crippen LogP contribution in [0.4, 0.5) is 0 Å². The van der Waals surface area contributed by atoms with Crippen molar-refractivity contribution >= 4 is 5.91 Å². The Morgan fingerprint density at radius 1 is 1.63 bits per heavy atom. The molecule has 0 radical (unpaired) electrons. The van der Waals surface area contributed by atoms with Crippen molar-refractivity contribution in [2.24, 2.45) is 5.41 Å². The first kappa shape index (κ1) is 14.1. The smallest absolute Gasteiger partial charge is 0.255 e. The summed E-state index contributed by atoms with van der Waals surface area (Å²) in [7, 11) is 0. The molecule has 0 aromatic carbocycles. The quantitative estimate of drug-likeness (QED) is 0.849. The predicted octanol–water partition coefficient (Wildman–Crippen LogP) is 1.58. The molecular formula is C14H21NO4. The number of hydrogen-bond donors (Lipinski definition) is 2. The molecule has 2 atom stereocenters. The summed E-state index contributed by atoms with van der Waals surface area (Å²) < 4.78 is 10.5. The van der Waals surface area contributed by atoms with Crippen LogP contribution >= 0.6 is 0 Å². The van der Waals surface area contributed by atoms with Crippen LogP contribution in [0, 0.1) is 5.41 Å². The molecule has 0 saturated heterocycles. The van der Waals surface area contributed by atoms with Crippen LogP contribution in [0.1, 0.15) is 37.6 Å². The SMILES string of the molecule is CCO[C@@H]1C[C@](CO)(NC(=O)c2ccoc2)C1(C)C. The fourth-order valence-electron chi connectivity index (χ4n) is 2.68. The number of rotatable bonds is 5. The number of carbonyl (C=O) groups is 1. The molecule has 1 saturated carbocycles. The summed E-state index contributed by atoms with van der Waals surface area (Å²) in [6.45, 7) is 6.48. The molecule has 0 unspecified atom stereocenters. The van der Waals surface area contributed by atoms with Crippen molar-refractivity contribution in [1.82, 2.24) is 5.32 Å². The van der Waals surface area contributed by atoms with Crippen LogP contribution in [0.15, 0.2) is 23.0 Å². The Morgan fingerprint density at radius 3 is 2.84 bits per heavy atom. The van der Waals surface area contributed by atoms with Crippen LogP contribution in [0.25, 0.3) is 0 Å². The lowest BCUT2D eigenvalue weighted by atomic mass is 9.54. The molecule has 0 bridgehead atoms. The number of nitrogens with one attached hydrogen (secondary N) is 1. The first-order chi connectivity index (χ1) is 8.97. The zero-order chi connectivity index (χ0) is 14.1. The van der Waals surface area contributed by atoms with Gasteiger partial charge in [0.05, 0.1) is 30.1 Å². The molecule has 0 spiro atoms. The Hall–Kier alpha value is -1.33. The van der Waals surface area contributed by atoms with Gasteiger partial charge in [-0.05, 0) is 13.0 Å². The molecule has 2 N–H and O–H groups in total. The van der Waals surface area contributed by atoms with Gasteiger partial charge in [0.25, 0.3) is 5.91 Å². The molecule has 0 aliphatic heterocycles. The second-order valence-corrected chi connectivity index (χ2v) is 5.58. The minimum atomic E-state index is -0.638. The lowest BCUT2D eigenvalue weighted by molar-refractivity contribution is -0.172. The van der Waals surface area contributed by atoms with E-state index in [0.717, 1.165) is 0 Å². The zero-order valence-corrected chi connectivity index (χ0v) is 11.6. The predicted molar refractivity (Wildman–Crippen MR) is 69.8 cm³/mol. The maximum absolute atomic E-state index is 12.1. The molecule has 1 fully saturated rings. The van der Waals surface area contributed by atoms with E-state index in [1.165, 1.54) is 12.5 Å². The first-order valence-corrected chi connectivity index (χ1v) is 6.54. The van der Waals surface area contributed by atoms with E-state index in [0.29, 0.717) is 18.6 Å². The lowest BCUT2D eigenvalue weighted by Gasteiger charge is -2.60. The van der Waals surface area contributed by atoms with Crippen LogP contribution in [-0.4, -0.2) is 35.9 Å². The number of aliphatic hydroxyl groups excluding tert-OH is 1. The molecule has 1 aromatic rings. The van der Waals surface area contributed by atoms with Crippen molar-refractivity contribution in [3.63, 3.8) is 0 Å². The van der Waals surface area contributed by atoms with Gasteiger partial charge in [-0.2, -0.15) is 0 Å². The van der Waals surface area contributed by atoms with Gasteiger partial charge < -0.3 is 19.6 Å². The summed E-state index contributed by atoms with van der Waals surface area (Å²) in [5.74, 6) is -0.231. The van der Waals surface area contributed by atoms with E-state index in [-0.39, 0.29) is 24.0 Å². The average Bonchev–Trinajstić information content (AvgIpc) is 2.90. The highest BCUT2D eigenvalue weighted by atomic mass is 16.5. The number of carbonyl (C=O) groups excluding carboxylic acids is 1. The number of ether oxygens (including phenoxy) is 1. The summed E-state index contributed by atoms with van der Waals surface area (Å²) >= 11 is 0. The summed E-state index contributed by atoms with van der Waals surface area (Å²) in [6.07, 6.45) is 3.52. The monoisotopic (exact) mass is 267 g/mol. The van der Waals surface area contributed by atoms with Crippen molar-refractivity contribution < 1.29 is 19.1 Å². The summed E-state index contributed by atoms with van der Waals surface area (Å²) in [5, 5.41) is 12.6. The fourth-order valence-corrected chi connectivity index (χ4v) is 2.68. The molecule has 19 heavy (non-hydrogen) atoms. The van der Waals surface area contributed by atoms with Gasteiger partial charge in [0.2, 0.25) is 0 Å². The van der Waals surface area contributed by atoms with Crippen LogP contribution in [-0.2, 0) is 4.74 Å². The lowest BCUT2D eigenvalue weighted by Crippen LogP contribution is -2.74. The summed E-state index contributed by atoms with van der Waals surface area (Å²) in [5.41, 5.74) is -0.485. The topological polar surface area (TPSA) is 71.7 Å². The van der Waals surface area contributed by atoms with E-state index in [9.17, 15) is 9.90 Å². The number of hydrogen-bond acceptors (Lipinski definition) is 4. The van der Waals surface area contributed by atoms with Crippen molar-refractivity contribution in [1.29, 1.82) is 0 Å². The van der Waals surface area contributed by atoms with Crippen molar-refractivity contribution in [3.05, 3.63) is 24.2 Å². The molecule has 5 heteroatoms. The van der Waals surface area contributed by atoms with Gasteiger partial charge in [0.1, 0.15) is 6.26 Å². The van der Waals surface area contributed by atoms with E-state index in [1.807, 2.05) is 20.8 Å². The van der Waals surface area contributed by atoms with Crippen LogP contribution in [0.2, 0.25) is 0 Å². The van der Waals surface area contributed by atoms with Crippen molar-refractivity contribution in [2.45, 2.75) is 38.8 Å².